The second kappa shape index (κ2) is 6.72. The van der Waals surface area contributed by atoms with Crippen LogP contribution in [-0.4, -0.2) is 47.1 Å². The quantitative estimate of drug-likeness (QED) is 0.674. The zero-order valence-corrected chi connectivity index (χ0v) is 15.5. The monoisotopic (exact) mass is 349 g/mol. The Morgan fingerprint density at radius 2 is 1.71 bits per heavy atom. The van der Waals surface area contributed by atoms with Crippen LogP contribution in [0.25, 0.3) is 0 Å². The summed E-state index contributed by atoms with van der Waals surface area (Å²) in [6.45, 7) is 10.6. The zero-order chi connectivity index (χ0) is 18.1. The van der Waals surface area contributed by atoms with E-state index in [0.29, 0.717) is 24.2 Å². The summed E-state index contributed by atoms with van der Waals surface area (Å²) in [5.41, 5.74) is 2.34. The first-order chi connectivity index (χ1) is 11.2. The van der Waals surface area contributed by atoms with Gasteiger partial charge in [0.2, 0.25) is 15.8 Å². The molecule has 0 spiro atoms. The van der Waals surface area contributed by atoms with Crippen molar-refractivity contribution in [2.75, 3.05) is 13.1 Å². The third kappa shape index (κ3) is 3.19. The summed E-state index contributed by atoms with van der Waals surface area (Å²) in [5.74, 6) is 0.103. The lowest BCUT2D eigenvalue weighted by Gasteiger charge is -2.20. The maximum atomic E-state index is 12.9. The highest BCUT2D eigenvalue weighted by molar-refractivity contribution is 7.91. The lowest BCUT2D eigenvalue weighted by Crippen LogP contribution is -2.35. The molecule has 130 valence electrons. The fraction of sp³-hybridized carbons (Fsp3) is 0.438. The minimum Gasteiger partial charge on any atom is -0.342 e. The Bertz CT molecular complexity index is 843. The molecule has 1 aromatic heterocycles. The predicted octanol–water partition coefficient (Wildman–Crippen LogP) is 2.16. The van der Waals surface area contributed by atoms with Crippen LogP contribution >= 0.6 is 0 Å². The first-order valence-corrected chi connectivity index (χ1v) is 9.29. The Morgan fingerprint density at radius 1 is 1.17 bits per heavy atom. The van der Waals surface area contributed by atoms with Gasteiger partial charge in [-0.3, -0.25) is 5.41 Å². The molecular formula is C16H23N5O2S. The van der Waals surface area contributed by atoms with Gasteiger partial charge in [-0.15, -0.1) is 5.10 Å². The molecular weight excluding hydrogens is 326 g/mol. The van der Waals surface area contributed by atoms with Crippen molar-refractivity contribution in [3.8, 4) is 0 Å². The van der Waals surface area contributed by atoms with Crippen LogP contribution in [0.2, 0.25) is 0 Å². The minimum atomic E-state index is -3.83. The molecule has 0 aliphatic carbocycles. The molecule has 0 fully saturated rings. The number of hydrogen-bond acceptors (Lipinski definition) is 5. The van der Waals surface area contributed by atoms with E-state index in [1.807, 2.05) is 32.9 Å². The summed E-state index contributed by atoms with van der Waals surface area (Å²) in [6, 6.07) is 3.66. The molecule has 24 heavy (non-hydrogen) atoms. The minimum absolute atomic E-state index is 0.103. The third-order valence-corrected chi connectivity index (χ3v) is 5.71. The first kappa shape index (κ1) is 18.1. The van der Waals surface area contributed by atoms with Gasteiger partial charge >= 0.3 is 0 Å². The molecule has 2 aromatic rings. The van der Waals surface area contributed by atoms with Crippen LogP contribution in [0.5, 0.6) is 0 Å². The Kier molecular flexibility index (Phi) is 5.08. The molecule has 0 unspecified atom stereocenters. The second-order valence-electron chi connectivity index (χ2n) is 5.70. The molecule has 1 N–H and O–H groups in total. The molecule has 0 saturated carbocycles. The Hall–Kier alpha value is -2.22. The van der Waals surface area contributed by atoms with Gasteiger partial charge in [0.25, 0.3) is 5.16 Å². The largest absolute Gasteiger partial charge is 0.342 e. The number of aryl methyl sites for hydroxylation is 3. The van der Waals surface area contributed by atoms with Gasteiger partial charge in [-0.2, -0.15) is 4.68 Å². The normalized spacial score (nSPS) is 11.5. The van der Waals surface area contributed by atoms with E-state index >= 15 is 0 Å². The smallest absolute Gasteiger partial charge is 0.272 e. The lowest BCUT2D eigenvalue weighted by atomic mass is 10.1. The van der Waals surface area contributed by atoms with Crippen molar-refractivity contribution in [3.63, 3.8) is 0 Å². The topological polar surface area (TPSA) is 91.9 Å². The van der Waals surface area contributed by atoms with Crippen LogP contribution in [0.15, 0.2) is 28.5 Å². The first-order valence-electron chi connectivity index (χ1n) is 7.80. The maximum absolute atomic E-state index is 12.9. The highest BCUT2D eigenvalue weighted by Crippen LogP contribution is 2.26. The van der Waals surface area contributed by atoms with E-state index < -0.39 is 9.84 Å². The summed E-state index contributed by atoms with van der Waals surface area (Å²) in [4.78, 5) is 5.93. The van der Waals surface area contributed by atoms with E-state index in [-0.39, 0.29) is 16.0 Å². The fourth-order valence-corrected chi connectivity index (χ4v) is 4.35. The molecule has 7 nitrogen and oxygen atoms in total. The number of sulfone groups is 1. The summed E-state index contributed by atoms with van der Waals surface area (Å²) >= 11 is 0. The van der Waals surface area contributed by atoms with E-state index in [9.17, 15) is 8.42 Å². The molecule has 8 heteroatoms. The molecule has 0 saturated heterocycles. The average molecular weight is 349 g/mol. The van der Waals surface area contributed by atoms with Gasteiger partial charge < -0.3 is 4.90 Å². The van der Waals surface area contributed by atoms with Gasteiger partial charge in [-0.1, -0.05) is 17.7 Å². The SMILES string of the molecule is CCN(CC)C(=N)n1cnc(S(=O)(=O)c2c(C)cc(C)cc2C)n1. The average Bonchev–Trinajstić information content (AvgIpc) is 2.97. The van der Waals surface area contributed by atoms with Crippen molar-refractivity contribution in [1.82, 2.24) is 19.7 Å². The zero-order valence-electron chi connectivity index (χ0n) is 14.7. The van der Waals surface area contributed by atoms with Gasteiger partial charge in [-0.05, 0) is 45.7 Å². The van der Waals surface area contributed by atoms with Crippen LogP contribution in [0.4, 0.5) is 0 Å². The van der Waals surface area contributed by atoms with E-state index in [4.69, 9.17) is 5.41 Å². The van der Waals surface area contributed by atoms with Crippen molar-refractivity contribution in [3.05, 3.63) is 35.2 Å². The number of nitrogens with one attached hydrogen (secondary N) is 1. The summed E-state index contributed by atoms with van der Waals surface area (Å²) in [5, 5.41) is 11.9. The summed E-state index contributed by atoms with van der Waals surface area (Å²) < 4.78 is 27.0. The van der Waals surface area contributed by atoms with E-state index in [2.05, 4.69) is 10.1 Å². The highest BCUT2D eigenvalue weighted by Gasteiger charge is 2.27. The van der Waals surface area contributed by atoms with Gasteiger partial charge in [0.15, 0.2) is 0 Å². The lowest BCUT2D eigenvalue weighted by molar-refractivity contribution is 0.440. The molecule has 0 aliphatic rings. The number of aromatic nitrogens is 3. The van der Waals surface area contributed by atoms with Crippen molar-refractivity contribution in [2.45, 2.75) is 44.7 Å². The molecule has 0 aliphatic heterocycles. The predicted molar refractivity (Wildman–Crippen MR) is 92.2 cm³/mol. The molecule has 0 amide bonds. The fourth-order valence-electron chi connectivity index (χ4n) is 2.82. The molecule has 0 bridgehead atoms. The van der Waals surface area contributed by atoms with E-state index in [1.165, 1.54) is 11.0 Å². The standard InChI is InChI=1S/C16H23N5O2S/c1-6-20(7-2)15(17)21-10-18-16(19-21)24(22,23)14-12(4)8-11(3)9-13(14)5/h8-10,17H,6-7H2,1-5H3. The second-order valence-corrected chi connectivity index (χ2v) is 7.48. The molecule has 1 heterocycles. The van der Waals surface area contributed by atoms with Crippen LogP contribution in [0.1, 0.15) is 30.5 Å². The van der Waals surface area contributed by atoms with Gasteiger partial charge in [0, 0.05) is 13.1 Å². The van der Waals surface area contributed by atoms with Gasteiger partial charge in [0.1, 0.15) is 6.33 Å². The van der Waals surface area contributed by atoms with Crippen LogP contribution < -0.4 is 0 Å². The van der Waals surface area contributed by atoms with E-state index in [1.54, 1.807) is 18.7 Å². The van der Waals surface area contributed by atoms with Crippen molar-refractivity contribution < 1.29 is 8.42 Å². The molecule has 0 radical (unpaired) electrons. The number of nitrogens with zero attached hydrogens (tertiary/aromatic N) is 4. The van der Waals surface area contributed by atoms with Crippen LogP contribution in [-0.2, 0) is 9.84 Å². The molecule has 2 rings (SSSR count). The third-order valence-electron chi connectivity index (χ3n) is 3.86. The number of benzene rings is 1. The van der Waals surface area contributed by atoms with Crippen LogP contribution in [0.3, 0.4) is 0 Å². The van der Waals surface area contributed by atoms with E-state index in [0.717, 1.165) is 5.56 Å². The van der Waals surface area contributed by atoms with Crippen molar-refractivity contribution >= 4 is 15.8 Å². The maximum Gasteiger partial charge on any atom is 0.272 e. The summed E-state index contributed by atoms with van der Waals surface area (Å²) in [7, 11) is -3.83. The highest BCUT2D eigenvalue weighted by atomic mass is 32.2. The van der Waals surface area contributed by atoms with Gasteiger partial charge in [-0.25, -0.2) is 13.4 Å². The Morgan fingerprint density at radius 3 is 2.21 bits per heavy atom. The molecule has 1 aromatic carbocycles. The Balaban J connectivity index is 2.48. The number of hydrogen-bond donors (Lipinski definition) is 1. The van der Waals surface area contributed by atoms with Crippen molar-refractivity contribution in [1.29, 1.82) is 5.41 Å². The summed E-state index contributed by atoms with van der Waals surface area (Å²) in [6.07, 6.45) is 1.27. The Labute approximate surface area is 142 Å². The van der Waals surface area contributed by atoms with Gasteiger partial charge in [0.05, 0.1) is 4.90 Å². The van der Waals surface area contributed by atoms with Crippen LogP contribution in [0, 0.1) is 26.2 Å². The molecule has 0 atom stereocenters. The number of rotatable bonds is 4. The van der Waals surface area contributed by atoms with Crippen molar-refractivity contribution in [2.24, 2.45) is 0 Å².